The van der Waals surface area contributed by atoms with Gasteiger partial charge in [-0.05, 0) is 50.2 Å². The molecule has 2 aliphatic rings. The summed E-state index contributed by atoms with van der Waals surface area (Å²) < 4.78 is 9.97. The number of hydrogen-bond donors (Lipinski definition) is 1. The number of carbonyl (C=O) groups is 2. The number of hydrogen-bond acceptors (Lipinski definition) is 5. The van der Waals surface area contributed by atoms with E-state index in [0.29, 0.717) is 12.5 Å². The Morgan fingerprint density at radius 1 is 1.25 bits per heavy atom. The maximum atomic E-state index is 12.8. The van der Waals surface area contributed by atoms with Gasteiger partial charge in [-0.1, -0.05) is 6.92 Å². The molecule has 24 heavy (non-hydrogen) atoms. The lowest BCUT2D eigenvalue weighted by Gasteiger charge is -2.39. The maximum absolute atomic E-state index is 12.8. The van der Waals surface area contributed by atoms with Crippen molar-refractivity contribution >= 4 is 11.9 Å². The molecular weight excluding hydrogens is 310 g/mol. The smallest absolute Gasteiger partial charge is 0.373 e. The van der Waals surface area contributed by atoms with Crippen molar-refractivity contribution in [1.29, 1.82) is 0 Å². The highest BCUT2D eigenvalue weighted by Crippen LogP contribution is 2.37. The molecule has 0 bridgehead atoms. The summed E-state index contributed by atoms with van der Waals surface area (Å²) in [6.45, 7) is 2.87. The van der Waals surface area contributed by atoms with Gasteiger partial charge in [-0.25, -0.2) is 4.79 Å². The molecule has 1 aliphatic heterocycles. The Morgan fingerprint density at radius 2 is 2.00 bits per heavy atom. The first-order chi connectivity index (χ1) is 11.5. The van der Waals surface area contributed by atoms with Gasteiger partial charge in [-0.2, -0.15) is 0 Å². The Labute approximate surface area is 141 Å². The van der Waals surface area contributed by atoms with Crippen molar-refractivity contribution in [3.8, 4) is 0 Å². The number of esters is 1. The third-order valence-corrected chi connectivity index (χ3v) is 5.38. The molecule has 6 nitrogen and oxygen atoms in total. The second kappa shape index (κ2) is 6.97. The topological polar surface area (TPSA) is 80.0 Å². The van der Waals surface area contributed by atoms with Crippen molar-refractivity contribution in [3.05, 3.63) is 23.7 Å². The van der Waals surface area contributed by atoms with E-state index in [1.54, 1.807) is 0 Å². The molecule has 1 aromatic rings. The van der Waals surface area contributed by atoms with Gasteiger partial charge in [0.1, 0.15) is 0 Å². The van der Waals surface area contributed by atoms with Gasteiger partial charge < -0.3 is 19.2 Å². The molecular formula is C18H25NO5. The first-order valence-corrected chi connectivity index (χ1v) is 8.68. The number of amides is 1. The maximum Gasteiger partial charge on any atom is 0.373 e. The van der Waals surface area contributed by atoms with Crippen LogP contribution in [0.15, 0.2) is 16.5 Å². The minimum absolute atomic E-state index is 0.0305. The monoisotopic (exact) mass is 335 g/mol. The van der Waals surface area contributed by atoms with Crippen LogP contribution in [0, 0.1) is 11.8 Å². The van der Waals surface area contributed by atoms with Gasteiger partial charge in [0.2, 0.25) is 5.76 Å². The molecule has 1 saturated carbocycles. The Hall–Kier alpha value is -1.82. The number of carbonyl (C=O) groups excluding carboxylic acids is 2. The summed E-state index contributed by atoms with van der Waals surface area (Å²) in [4.78, 5) is 26.1. The molecule has 1 aromatic heterocycles. The molecule has 132 valence electrons. The molecule has 1 N–H and O–H groups in total. The van der Waals surface area contributed by atoms with E-state index in [2.05, 4.69) is 11.7 Å². The van der Waals surface area contributed by atoms with E-state index in [9.17, 15) is 14.7 Å². The van der Waals surface area contributed by atoms with Gasteiger partial charge in [0.25, 0.3) is 5.91 Å². The van der Waals surface area contributed by atoms with E-state index in [1.165, 1.54) is 19.2 Å². The molecule has 0 radical (unpaired) electrons. The number of aliphatic hydroxyl groups is 1. The molecule has 3 rings (SSSR count). The van der Waals surface area contributed by atoms with Crippen LogP contribution in [0.5, 0.6) is 0 Å². The number of aliphatic hydroxyl groups excluding tert-OH is 1. The van der Waals surface area contributed by atoms with Crippen LogP contribution in [0.3, 0.4) is 0 Å². The predicted octanol–water partition coefficient (Wildman–Crippen LogP) is 2.47. The molecule has 4 unspecified atom stereocenters. The van der Waals surface area contributed by atoms with Crippen LogP contribution in [0.25, 0.3) is 0 Å². The summed E-state index contributed by atoms with van der Waals surface area (Å²) in [7, 11) is 1.27. The number of ether oxygens (including phenoxy) is 1. The zero-order chi connectivity index (χ0) is 17.3. The summed E-state index contributed by atoms with van der Waals surface area (Å²) in [6, 6.07) is 3.02. The quantitative estimate of drug-likeness (QED) is 0.858. The standard InChI is InChI=1S/C18H25NO5/c1-11-5-6-14(20)12(10-11)13-4-3-9-19(13)17(21)15-7-8-16(24-15)18(22)23-2/h7-8,11-14,20H,3-6,9-10H2,1-2H3. The van der Waals surface area contributed by atoms with Gasteiger partial charge >= 0.3 is 5.97 Å². The Kier molecular flexibility index (Phi) is 4.94. The Bertz CT molecular complexity index is 610. The molecule has 2 heterocycles. The average Bonchev–Trinajstić information content (AvgIpc) is 3.25. The summed E-state index contributed by atoms with van der Waals surface area (Å²) in [5.41, 5.74) is 0. The summed E-state index contributed by atoms with van der Waals surface area (Å²) in [6.07, 6.45) is 4.28. The molecule has 6 heteroatoms. The number of nitrogens with zero attached hydrogens (tertiary/aromatic N) is 1. The summed E-state index contributed by atoms with van der Waals surface area (Å²) >= 11 is 0. The first-order valence-electron chi connectivity index (χ1n) is 8.68. The third kappa shape index (κ3) is 3.20. The van der Waals surface area contributed by atoms with Gasteiger partial charge in [0, 0.05) is 18.5 Å². The molecule has 4 atom stereocenters. The molecule has 1 aliphatic carbocycles. The van der Waals surface area contributed by atoms with Crippen LogP contribution in [-0.4, -0.2) is 47.7 Å². The van der Waals surface area contributed by atoms with E-state index >= 15 is 0 Å². The van der Waals surface area contributed by atoms with E-state index < -0.39 is 5.97 Å². The number of rotatable bonds is 3. The van der Waals surface area contributed by atoms with Crippen molar-refractivity contribution in [3.63, 3.8) is 0 Å². The highest BCUT2D eigenvalue weighted by Gasteiger charge is 2.41. The van der Waals surface area contributed by atoms with Gasteiger partial charge in [-0.15, -0.1) is 0 Å². The van der Waals surface area contributed by atoms with Gasteiger partial charge in [0.05, 0.1) is 13.2 Å². The SMILES string of the molecule is COC(=O)c1ccc(C(=O)N2CCCC2C2CC(C)CCC2O)o1. The van der Waals surface area contributed by atoms with Crippen LogP contribution in [-0.2, 0) is 4.74 Å². The van der Waals surface area contributed by atoms with Crippen molar-refractivity contribution < 1.29 is 23.8 Å². The zero-order valence-electron chi connectivity index (χ0n) is 14.2. The summed E-state index contributed by atoms with van der Waals surface area (Å²) in [5, 5.41) is 10.4. The number of methoxy groups -OCH3 is 1. The van der Waals surface area contributed by atoms with Crippen LogP contribution < -0.4 is 0 Å². The summed E-state index contributed by atoms with van der Waals surface area (Å²) in [5.74, 6) is 0.0749. The van der Waals surface area contributed by atoms with Crippen LogP contribution in [0.1, 0.15) is 60.1 Å². The normalized spacial score (nSPS) is 30.4. The van der Waals surface area contributed by atoms with Crippen molar-refractivity contribution in [2.45, 2.75) is 51.2 Å². The van der Waals surface area contributed by atoms with Crippen LogP contribution in [0.2, 0.25) is 0 Å². The highest BCUT2D eigenvalue weighted by atomic mass is 16.5. The number of likely N-dealkylation sites (tertiary alicyclic amines) is 1. The lowest BCUT2D eigenvalue weighted by molar-refractivity contribution is 0.00767. The second-order valence-corrected chi connectivity index (χ2v) is 7.01. The highest BCUT2D eigenvalue weighted by molar-refractivity contribution is 5.94. The molecule has 0 aromatic carbocycles. The molecule has 1 amide bonds. The average molecular weight is 335 g/mol. The Balaban J connectivity index is 1.76. The van der Waals surface area contributed by atoms with Gasteiger partial charge in [-0.3, -0.25) is 4.79 Å². The Morgan fingerprint density at radius 3 is 2.75 bits per heavy atom. The lowest BCUT2D eigenvalue weighted by atomic mass is 9.76. The molecule has 0 spiro atoms. The van der Waals surface area contributed by atoms with E-state index in [-0.39, 0.29) is 35.5 Å². The fraction of sp³-hybridized carbons (Fsp3) is 0.667. The lowest BCUT2D eigenvalue weighted by Crippen LogP contribution is -2.46. The molecule has 1 saturated heterocycles. The van der Waals surface area contributed by atoms with Crippen molar-refractivity contribution in [1.82, 2.24) is 4.90 Å². The third-order valence-electron chi connectivity index (χ3n) is 5.38. The van der Waals surface area contributed by atoms with Crippen LogP contribution >= 0.6 is 0 Å². The minimum Gasteiger partial charge on any atom is -0.463 e. The predicted molar refractivity (Wildman–Crippen MR) is 86.6 cm³/mol. The zero-order valence-corrected chi connectivity index (χ0v) is 14.2. The fourth-order valence-electron chi connectivity index (χ4n) is 4.12. The van der Waals surface area contributed by atoms with E-state index in [0.717, 1.165) is 32.1 Å². The fourth-order valence-corrected chi connectivity index (χ4v) is 4.12. The molecule has 2 fully saturated rings. The van der Waals surface area contributed by atoms with Crippen LogP contribution in [0.4, 0.5) is 0 Å². The van der Waals surface area contributed by atoms with Crippen molar-refractivity contribution in [2.75, 3.05) is 13.7 Å². The second-order valence-electron chi connectivity index (χ2n) is 7.01. The minimum atomic E-state index is -0.594. The largest absolute Gasteiger partial charge is 0.463 e. The van der Waals surface area contributed by atoms with Crippen molar-refractivity contribution in [2.24, 2.45) is 11.8 Å². The number of furan rings is 1. The van der Waals surface area contributed by atoms with Gasteiger partial charge in [0.15, 0.2) is 5.76 Å². The van der Waals surface area contributed by atoms with E-state index in [4.69, 9.17) is 4.42 Å². The van der Waals surface area contributed by atoms with E-state index in [1.807, 2.05) is 4.90 Å². The first kappa shape index (κ1) is 17.0.